The number of benzene rings is 1. The van der Waals surface area contributed by atoms with Crippen molar-refractivity contribution in [1.29, 1.82) is 0 Å². The highest BCUT2D eigenvalue weighted by atomic mass is 32.2. The molecule has 124 valence electrons. The molecule has 0 fully saturated rings. The molecule has 1 heterocycles. The molecule has 0 aliphatic rings. The number of thioether (sulfide) groups is 1. The van der Waals surface area contributed by atoms with Crippen molar-refractivity contribution in [3.63, 3.8) is 0 Å². The number of nitrogens with zero attached hydrogens (tertiary/aromatic N) is 2. The second-order valence-corrected chi connectivity index (χ2v) is 6.73. The van der Waals surface area contributed by atoms with Crippen LogP contribution in [-0.2, 0) is 4.79 Å². The molecular weight excluding hydrogens is 308 g/mol. The second-order valence-electron chi connectivity index (χ2n) is 5.75. The third-order valence-corrected chi connectivity index (χ3v) is 5.01. The van der Waals surface area contributed by atoms with Gasteiger partial charge in [0.1, 0.15) is 0 Å². The Morgan fingerprint density at radius 3 is 2.57 bits per heavy atom. The number of nitrogens with one attached hydrogen (secondary N) is 2. The van der Waals surface area contributed by atoms with Gasteiger partial charge in [-0.2, -0.15) is 5.10 Å². The quantitative estimate of drug-likeness (QED) is 0.765. The Kier molecular flexibility index (Phi) is 6.24. The smallest absolute Gasteiger partial charge is 0.230 e. The lowest BCUT2D eigenvalue weighted by Crippen LogP contribution is -2.35. The van der Waals surface area contributed by atoms with E-state index in [1.165, 1.54) is 17.3 Å². The third kappa shape index (κ3) is 4.84. The van der Waals surface area contributed by atoms with Crippen LogP contribution in [0, 0.1) is 13.8 Å². The van der Waals surface area contributed by atoms with Crippen molar-refractivity contribution in [2.45, 2.75) is 24.8 Å². The van der Waals surface area contributed by atoms with Gasteiger partial charge >= 0.3 is 0 Å². The highest BCUT2D eigenvalue weighted by Gasteiger charge is 2.15. The Hall–Kier alpha value is -1.79. The number of amides is 1. The number of aromatic amines is 1. The molecule has 2 rings (SSSR count). The molecule has 0 bridgehead atoms. The number of hydrogen-bond acceptors (Lipinski definition) is 4. The molecule has 1 atom stereocenters. The van der Waals surface area contributed by atoms with Crippen molar-refractivity contribution in [3.05, 3.63) is 47.3 Å². The lowest BCUT2D eigenvalue weighted by atomic mass is 10.1. The van der Waals surface area contributed by atoms with Crippen molar-refractivity contribution >= 4 is 17.7 Å². The average molecular weight is 332 g/mol. The van der Waals surface area contributed by atoms with Crippen molar-refractivity contribution in [1.82, 2.24) is 20.4 Å². The van der Waals surface area contributed by atoms with Crippen molar-refractivity contribution in [2.75, 3.05) is 26.4 Å². The predicted molar refractivity (Wildman–Crippen MR) is 94.7 cm³/mol. The van der Waals surface area contributed by atoms with E-state index < -0.39 is 0 Å². The fourth-order valence-corrected chi connectivity index (χ4v) is 3.32. The zero-order chi connectivity index (χ0) is 16.8. The summed E-state index contributed by atoms with van der Waals surface area (Å²) in [7, 11) is 4.05. The Morgan fingerprint density at radius 2 is 2.00 bits per heavy atom. The van der Waals surface area contributed by atoms with E-state index in [1.54, 1.807) is 0 Å². The molecule has 0 aliphatic heterocycles. The fraction of sp³-hybridized carbons (Fsp3) is 0.412. The topological polar surface area (TPSA) is 61.0 Å². The number of aromatic nitrogens is 2. The van der Waals surface area contributed by atoms with Crippen molar-refractivity contribution in [3.8, 4) is 0 Å². The van der Waals surface area contributed by atoms with Crippen LogP contribution in [0.2, 0.25) is 0 Å². The van der Waals surface area contributed by atoms with Crippen LogP contribution in [0.25, 0.3) is 0 Å². The van der Waals surface area contributed by atoms with Gasteiger partial charge in [-0.15, -0.1) is 11.8 Å². The maximum Gasteiger partial charge on any atom is 0.230 e. The van der Waals surface area contributed by atoms with Crippen LogP contribution in [0.1, 0.15) is 23.0 Å². The van der Waals surface area contributed by atoms with Gasteiger partial charge in [0, 0.05) is 12.2 Å². The molecule has 1 aromatic carbocycles. The number of aryl methyl sites for hydroxylation is 2. The Morgan fingerprint density at radius 1 is 1.30 bits per heavy atom. The van der Waals surface area contributed by atoms with Crippen LogP contribution in [0.3, 0.4) is 0 Å². The molecule has 6 heteroatoms. The lowest BCUT2D eigenvalue weighted by molar-refractivity contribution is -0.118. The second kappa shape index (κ2) is 8.17. The number of likely N-dealkylation sites (N-methyl/N-ethyl adjacent to an activating group) is 1. The summed E-state index contributed by atoms with van der Waals surface area (Å²) < 4.78 is 0. The number of H-pyrrole nitrogens is 1. The number of carbonyl (C=O) groups excluding carboxylic acids is 1. The van der Waals surface area contributed by atoms with E-state index in [0.29, 0.717) is 12.3 Å². The van der Waals surface area contributed by atoms with E-state index in [4.69, 9.17) is 0 Å². The predicted octanol–water partition coefficient (Wildman–Crippen LogP) is 2.54. The molecular formula is C17H24N4OS. The molecule has 1 amide bonds. The summed E-state index contributed by atoms with van der Waals surface area (Å²) in [6.07, 6.45) is 0. The molecule has 2 N–H and O–H groups in total. The van der Waals surface area contributed by atoms with Gasteiger partial charge in [0.25, 0.3) is 0 Å². The lowest BCUT2D eigenvalue weighted by Gasteiger charge is -2.25. The van der Waals surface area contributed by atoms with Gasteiger partial charge in [0.2, 0.25) is 5.91 Å². The van der Waals surface area contributed by atoms with E-state index in [2.05, 4.69) is 32.5 Å². The molecule has 0 saturated heterocycles. The third-order valence-electron chi connectivity index (χ3n) is 3.71. The van der Waals surface area contributed by atoms with E-state index in [9.17, 15) is 4.79 Å². The standard InChI is InChI=1S/C17H24N4OS/c1-12-17(13(2)20-19-12)23-11-16(22)18-10-15(21(3)4)14-8-6-5-7-9-14/h5-9,15H,10-11H2,1-4H3,(H,18,22)(H,19,20). The molecule has 23 heavy (non-hydrogen) atoms. The maximum absolute atomic E-state index is 12.1. The minimum Gasteiger partial charge on any atom is -0.353 e. The Balaban J connectivity index is 1.87. The van der Waals surface area contributed by atoms with E-state index in [1.807, 2.05) is 46.1 Å². The minimum atomic E-state index is 0.0396. The van der Waals surface area contributed by atoms with E-state index in [0.717, 1.165) is 16.3 Å². The molecule has 2 aromatic rings. The molecule has 0 spiro atoms. The van der Waals surface area contributed by atoms with Gasteiger partial charge in [-0.1, -0.05) is 30.3 Å². The summed E-state index contributed by atoms with van der Waals surface area (Å²) in [6, 6.07) is 10.4. The van der Waals surface area contributed by atoms with E-state index in [-0.39, 0.29) is 11.9 Å². The van der Waals surface area contributed by atoms with Gasteiger partial charge < -0.3 is 10.2 Å². The molecule has 1 unspecified atom stereocenters. The normalized spacial score (nSPS) is 12.4. The van der Waals surface area contributed by atoms with Crippen LogP contribution in [0.15, 0.2) is 35.2 Å². The van der Waals surface area contributed by atoms with Crippen LogP contribution >= 0.6 is 11.8 Å². The summed E-state index contributed by atoms with van der Waals surface area (Å²) in [5.74, 6) is 0.439. The van der Waals surface area contributed by atoms with Crippen LogP contribution in [0.4, 0.5) is 0 Å². The maximum atomic E-state index is 12.1. The van der Waals surface area contributed by atoms with Gasteiger partial charge in [-0.05, 0) is 33.5 Å². The summed E-state index contributed by atoms with van der Waals surface area (Å²) >= 11 is 1.52. The van der Waals surface area contributed by atoms with Gasteiger partial charge in [-0.25, -0.2) is 0 Å². The first-order chi connectivity index (χ1) is 11.0. The van der Waals surface area contributed by atoms with Crippen molar-refractivity contribution in [2.24, 2.45) is 0 Å². The summed E-state index contributed by atoms with van der Waals surface area (Å²) in [5.41, 5.74) is 3.15. The zero-order valence-electron chi connectivity index (χ0n) is 14.1. The Bertz CT molecular complexity index is 620. The van der Waals surface area contributed by atoms with Gasteiger partial charge in [-0.3, -0.25) is 9.89 Å². The first-order valence-electron chi connectivity index (χ1n) is 7.61. The van der Waals surface area contributed by atoms with E-state index >= 15 is 0 Å². The zero-order valence-corrected chi connectivity index (χ0v) is 14.9. The highest BCUT2D eigenvalue weighted by Crippen LogP contribution is 2.23. The largest absolute Gasteiger partial charge is 0.353 e. The highest BCUT2D eigenvalue weighted by molar-refractivity contribution is 8.00. The number of carbonyl (C=O) groups is 1. The first kappa shape index (κ1) is 17.6. The minimum absolute atomic E-state index is 0.0396. The SMILES string of the molecule is Cc1n[nH]c(C)c1SCC(=O)NCC(c1ccccc1)N(C)C. The van der Waals surface area contributed by atoms with Crippen LogP contribution in [-0.4, -0.2) is 47.4 Å². The summed E-state index contributed by atoms with van der Waals surface area (Å²) in [5, 5.41) is 10.1. The number of rotatable bonds is 7. The summed E-state index contributed by atoms with van der Waals surface area (Å²) in [4.78, 5) is 15.3. The Labute approximate surface area is 141 Å². The molecule has 5 nitrogen and oxygen atoms in total. The van der Waals surface area contributed by atoms with Crippen LogP contribution in [0.5, 0.6) is 0 Å². The van der Waals surface area contributed by atoms with Gasteiger partial charge in [0.15, 0.2) is 0 Å². The number of hydrogen-bond donors (Lipinski definition) is 2. The van der Waals surface area contributed by atoms with Crippen LogP contribution < -0.4 is 5.32 Å². The molecule has 0 aliphatic carbocycles. The molecule has 0 saturated carbocycles. The average Bonchev–Trinajstić information content (AvgIpc) is 2.85. The van der Waals surface area contributed by atoms with Gasteiger partial charge in [0.05, 0.1) is 22.4 Å². The monoisotopic (exact) mass is 332 g/mol. The summed E-state index contributed by atoms with van der Waals surface area (Å²) in [6.45, 7) is 4.51. The first-order valence-corrected chi connectivity index (χ1v) is 8.60. The molecule has 1 aromatic heterocycles. The molecule has 0 radical (unpaired) electrons. The van der Waals surface area contributed by atoms with Crippen molar-refractivity contribution < 1.29 is 4.79 Å². The fourth-order valence-electron chi connectivity index (χ4n) is 2.43.